The molecule has 1 aliphatic carbocycles. The molecule has 110 valence electrons. The molecule has 1 amide bonds. The van der Waals surface area contributed by atoms with E-state index in [0.29, 0.717) is 12.2 Å². The first-order valence-electron chi connectivity index (χ1n) is 6.44. The first kappa shape index (κ1) is 14.6. The molecule has 0 radical (unpaired) electrons. The molecule has 0 unspecified atom stereocenters. The van der Waals surface area contributed by atoms with Crippen LogP contribution in [0, 0.1) is 0 Å². The first-order valence-corrected chi connectivity index (χ1v) is 6.44. The molecule has 20 heavy (non-hydrogen) atoms. The number of carbonyl (C=O) groups excluding carboxylic acids is 1. The van der Waals surface area contributed by atoms with Crippen LogP contribution in [0.5, 0.6) is 0 Å². The fourth-order valence-electron chi connectivity index (χ4n) is 1.94. The van der Waals surface area contributed by atoms with Gasteiger partial charge in [-0.15, -0.1) is 6.58 Å². The Balaban J connectivity index is 2.04. The van der Waals surface area contributed by atoms with Crippen LogP contribution in [0.4, 0.5) is 13.2 Å². The minimum absolute atomic E-state index is 0.104. The molecule has 7 heteroatoms. The molecular formula is C13H16F3N3O. The quantitative estimate of drug-likeness (QED) is 0.817. The first-order chi connectivity index (χ1) is 9.41. The van der Waals surface area contributed by atoms with Crippen LogP contribution in [0.25, 0.3) is 0 Å². The van der Waals surface area contributed by atoms with E-state index in [2.05, 4.69) is 17.0 Å². The van der Waals surface area contributed by atoms with Gasteiger partial charge in [0.15, 0.2) is 5.69 Å². The van der Waals surface area contributed by atoms with E-state index in [4.69, 9.17) is 0 Å². The molecule has 1 fully saturated rings. The number of halogens is 3. The van der Waals surface area contributed by atoms with Gasteiger partial charge in [0.1, 0.15) is 0 Å². The number of amides is 1. The van der Waals surface area contributed by atoms with Crippen LogP contribution in [-0.4, -0.2) is 22.2 Å². The van der Waals surface area contributed by atoms with Gasteiger partial charge < -0.3 is 5.32 Å². The number of hydrogen-bond donors (Lipinski definition) is 1. The van der Waals surface area contributed by atoms with Crippen LogP contribution in [-0.2, 0) is 17.5 Å². The summed E-state index contributed by atoms with van der Waals surface area (Å²) in [5.74, 6) is -0.0782. The summed E-state index contributed by atoms with van der Waals surface area (Å²) in [7, 11) is 0. The van der Waals surface area contributed by atoms with Crippen molar-refractivity contribution in [3.63, 3.8) is 0 Å². The minimum Gasteiger partial charge on any atom is -0.353 e. The monoisotopic (exact) mass is 287 g/mol. The molecule has 1 N–H and O–H groups in total. The van der Waals surface area contributed by atoms with Crippen molar-refractivity contribution in [2.24, 2.45) is 0 Å². The molecule has 1 heterocycles. The molecule has 2 rings (SSSR count). The molecule has 1 aliphatic rings. The van der Waals surface area contributed by atoms with Crippen molar-refractivity contribution >= 4 is 5.91 Å². The van der Waals surface area contributed by atoms with E-state index in [0.717, 1.165) is 18.9 Å². The van der Waals surface area contributed by atoms with Gasteiger partial charge in [-0.2, -0.15) is 18.3 Å². The third kappa shape index (κ3) is 3.61. The van der Waals surface area contributed by atoms with E-state index >= 15 is 0 Å². The molecule has 0 saturated heterocycles. The van der Waals surface area contributed by atoms with Gasteiger partial charge >= 0.3 is 6.18 Å². The lowest BCUT2D eigenvalue weighted by Crippen LogP contribution is -2.24. The number of carbonyl (C=O) groups is 1. The number of aromatic nitrogens is 2. The Hall–Kier alpha value is -1.79. The maximum absolute atomic E-state index is 12.7. The summed E-state index contributed by atoms with van der Waals surface area (Å²) in [4.78, 5) is 11.5. The van der Waals surface area contributed by atoms with Crippen LogP contribution in [0.3, 0.4) is 0 Å². The van der Waals surface area contributed by atoms with Crippen molar-refractivity contribution < 1.29 is 18.0 Å². The lowest BCUT2D eigenvalue weighted by Gasteiger charge is -2.06. The number of alkyl halides is 3. The van der Waals surface area contributed by atoms with Crippen LogP contribution < -0.4 is 5.32 Å². The van der Waals surface area contributed by atoms with E-state index < -0.39 is 11.9 Å². The third-order valence-corrected chi connectivity index (χ3v) is 3.09. The van der Waals surface area contributed by atoms with E-state index in [1.165, 1.54) is 4.68 Å². The van der Waals surface area contributed by atoms with Gasteiger partial charge in [0.2, 0.25) is 5.91 Å². The Bertz CT molecular complexity index is 503. The molecule has 0 aromatic carbocycles. The standard InChI is InChI=1S/C13H16F3N3O/c1-2-6-17-12(20)5-7-19-10(9-3-4-9)8-11(18-19)13(14,15)16/h2,8-9H,1,3-7H2,(H,17,20). The molecular weight excluding hydrogens is 271 g/mol. The van der Waals surface area contributed by atoms with E-state index in [9.17, 15) is 18.0 Å². The lowest BCUT2D eigenvalue weighted by molar-refractivity contribution is -0.141. The lowest BCUT2D eigenvalue weighted by atomic mass is 10.2. The summed E-state index contributed by atoms with van der Waals surface area (Å²) < 4.78 is 39.3. The largest absolute Gasteiger partial charge is 0.435 e. The summed E-state index contributed by atoms with van der Waals surface area (Å²) in [6.07, 6.45) is -1.03. The molecule has 0 spiro atoms. The minimum atomic E-state index is -4.44. The van der Waals surface area contributed by atoms with Gasteiger partial charge in [-0.25, -0.2) is 0 Å². The number of aryl methyl sites for hydroxylation is 1. The van der Waals surface area contributed by atoms with Crippen molar-refractivity contribution in [3.05, 3.63) is 30.1 Å². The van der Waals surface area contributed by atoms with Crippen LogP contribution in [0.1, 0.15) is 36.6 Å². The normalized spacial score (nSPS) is 15.2. The van der Waals surface area contributed by atoms with Crippen LogP contribution in [0.2, 0.25) is 0 Å². The number of nitrogens with zero attached hydrogens (tertiary/aromatic N) is 2. The predicted octanol–water partition coefficient (Wildman–Crippen LogP) is 2.47. The summed E-state index contributed by atoms with van der Waals surface area (Å²) in [6.45, 7) is 3.98. The molecule has 0 aliphatic heterocycles. The molecule has 1 aromatic heterocycles. The van der Waals surface area contributed by atoms with Crippen LogP contribution in [0.15, 0.2) is 18.7 Å². The second-order valence-corrected chi connectivity index (χ2v) is 4.79. The topological polar surface area (TPSA) is 46.9 Å². The average Bonchev–Trinajstić information content (AvgIpc) is 3.12. The molecule has 0 atom stereocenters. The Labute approximate surface area is 114 Å². The van der Waals surface area contributed by atoms with Gasteiger partial charge in [-0.05, 0) is 18.9 Å². The van der Waals surface area contributed by atoms with E-state index in [1.54, 1.807) is 6.08 Å². The van der Waals surface area contributed by atoms with Gasteiger partial charge in [0.25, 0.3) is 0 Å². The predicted molar refractivity (Wildman–Crippen MR) is 67.0 cm³/mol. The molecule has 0 bridgehead atoms. The van der Waals surface area contributed by atoms with Crippen molar-refractivity contribution in [1.29, 1.82) is 0 Å². The van der Waals surface area contributed by atoms with Crippen molar-refractivity contribution in [1.82, 2.24) is 15.1 Å². The van der Waals surface area contributed by atoms with Crippen molar-refractivity contribution in [2.45, 2.75) is 37.9 Å². The molecule has 1 aromatic rings. The van der Waals surface area contributed by atoms with E-state index in [1.807, 2.05) is 0 Å². The van der Waals surface area contributed by atoms with Gasteiger partial charge in [-0.3, -0.25) is 9.48 Å². The summed E-state index contributed by atoms with van der Waals surface area (Å²) in [5.41, 5.74) is -0.306. The summed E-state index contributed by atoms with van der Waals surface area (Å²) in [5, 5.41) is 6.17. The SMILES string of the molecule is C=CCNC(=O)CCn1nc(C(F)(F)F)cc1C1CC1. The average molecular weight is 287 g/mol. The highest BCUT2D eigenvalue weighted by molar-refractivity contribution is 5.75. The second kappa shape index (κ2) is 5.68. The summed E-state index contributed by atoms with van der Waals surface area (Å²) >= 11 is 0. The summed E-state index contributed by atoms with van der Waals surface area (Å²) in [6, 6.07) is 1.10. The van der Waals surface area contributed by atoms with Gasteiger partial charge in [-0.1, -0.05) is 6.08 Å². The highest BCUT2D eigenvalue weighted by Gasteiger charge is 2.37. The number of hydrogen-bond acceptors (Lipinski definition) is 2. The van der Waals surface area contributed by atoms with Crippen LogP contribution >= 0.6 is 0 Å². The van der Waals surface area contributed by atoms with Crippen molar-refractivity contribution in [2.75, 3.05) is 6.54 Å². The smallest absolute Gasteiger partial charge is 0.353 e. The Kier molecular flexibility index (Phi) is 4.15. The van der Waals surface area contributed by atoms with Gasteiger partial charge in [0.05, 0.1) is 0 Å². The maximum atomic E-state index is 12.7. The van der Waals surface area contributed by atoms with E-state index in [-0.39, 0.29) is 24.8 Å². The Morgan fingerprint density at radius 3 is 2.80 bits per heavy atom. The Morgan fingerprint density at radius 1 is 1.55 bits per heavy atom. The fraction of sp³-hybridized carbons (Fsp3) is 0.538. The highest BCUT2D eigenvalue weighted by Crippen LogP contribution is 2.42. The third-order valence-electron chi connectivity index (χ3n) is 3.09. The van der Waals surface area contributed by atoms with Crippen molar-refractivity contribution in [3.8, 4) is 0 Å². The highest BCUT2D eigenvalue weighted by atomic mass is 19.4. The number of nitrogens with one attached hydrogen (secondary N) is 1. The molecule has 1 saturated carbocycles. The fourth-order valence-corrected chi connectivity index (χ4v) is 1.94. The van der Waals surface area contributed by atoms with Gasteiger partial charge in [0, 0.05) is 31.1 Å². The maximum Gasteiger partial charge on any atom is 0.435 e. The number of rotatable bonds is 6. The molecule has 4 nitrogen and oxygen atoms in total. The zero-order chi connectivity index (χ0) is 14.8. The Morgan fingerprint density at radius 2 is 2.25 bits per heavy atom. The zero-order valence-electron chi connectivity index (χ0n) is 10.9. The second-order valence-electron chi connectivity index (χ2n) is 4.79. The zero-order valence-corrected chi connectivity index (χ0v) is 10.9.